The molecule has 6 nitrogen and oxygen atoms in total. The van der Waals surface area contributed by atoms with Gasteiger partial charge in [0.25, 0.3) is 0 Å². The van der Waals surface area contributed by atoms with Gasteiger partial charge in [0.15, 0.2) is 0 Å². The SMILES string of the molecule is CC(C)N1CC[C@@H](c2ccc(-c3cc4c(N5CCN(C(=O)C6=CC6)[C@H](C)C5)ccnn4c3)cc2)C1. The maximum Gasteiger partial charge on any atom is 0.250 e. The second-order valence-electron chi connectivity index (χ2n) is 10.7. The van der Waals surface area contributed by atoms with Crippen molar-refractivity contribution in [1.82, 2.24) is 19.4 Å². The molecule has 0 radical (unpaired) electrons. The molecule has 2 saturated heterocycles. The highest BCUT2D eigenvalue weighted by Gasteiger charge is 2.32. The fourth-order valence-electron chi connectivity index (χ4n) is 5.79. The molecule has 2 aliphatic heterocycles. The third kappa shape index (κ3) is 4.25. The highest BCUT2D eigenvalue weighted by Crippen LogP contribution is 2.33. The number of nitrogens with zero attached hydrogens (tertiary/aromatic N) is 5. The number of likely N-dealkylation sites (tertiary alicyclic amines) is 1. The van der Waals surface area contributed by atoms with E-state index in [1.54, 1.807) is 0 Å². The summed E-state index contributed by atoms with van der Waals surface area (Å²) in [5.41, 5.74) is 7.14. The Morgan fingerprint density at radius 1 is 1.03 bits per heavy atom. The van der Waals surface area contributed by atoms with E-state index in [9.17, 15) is 4.79 Å². The van der Waals surface area contributed by atoms with Gasteiger partial charge < -0.3 is 14.7 Å². The molecule has 1 aromatic carbocycles. The number of rotatable bonds is 5. The van der Waals surface area contributed by atoms with Crippen LogP contribution in [0.25, 0.3) is 16.6 Å². The van der Waals surface area contributed by atoms with Gasteiger partial charge in [-0.2, -0.15) is 5.10 Å². The maximum absolute atomic E-state index is 12.6. The predicted molar refractivity (Wildman–Crippen MR) is 141 cm³/mol. The molecule has 0 unspecified atom stereocenters. The van der Waals surface area contributed by atoms with Gasteiger partial charge in [-0.15, -0.1) is 0 Å². The third-order valence-electron chi connectivity index (χ3n) is 8.06. The van der Waals surface area contributed by atoms with Crippen LogP contribution in [0.15, 0.2) is 60.4 Å². The molecule has 0 N–H and O–H groups in total. The number of carbonyl (C=O) groups is 1. The molecule has 4 heterocycles. The minimum atomic E-state index is 0.190. The molecule has 2 atom stereocenters. The third-order valence-corrected chi connectivity index (χ3v) is 8.06. The van der Waals surface area contributed by atoms with Gasteiger partial charge in [-0.1, -0.05) is 30.3 Å². The second kappa shape index (κ2) is 8.83. The smallest absolute Gasteiger partial charge is 0.250 e. The molecule has 2 aromatic heterocycles. The van der Waals surface area contributed by atoms with Crippen LogP contribution in [-0.2, 0) is 4.79 Å². The van der Waals surface area contributed by atoms with Gasteiger partial charge in [0.1, 0.15) is 0 Å². The summed E-state index contributed by atoms with van der Waals surface area (Å²) >= 11 is 0. The van der Waals surface area contributed by atoms with E-state index in [0.29, 0.717) is 12.0 Å². The number of amides is 1. The summed E-state index contributed by atoms with van der Waals surface area (Å²) in [6, 6.07) is 14.3. The highest BCUT2D eigenvalue weighted by molar-refractivity contribution is 5.97. The van der Waals surface area contributed by atoms with E-state index in [-0.39, 0.29) is 11.9 Å². The van der Waals surface area contributed by atoms with Crippen molar-refractivity contribution >= 4 is 17.1 Å². The Hall–Kier alpha value is -3.12. The number of carbonyl (C=O) groups excluding carboxylic acids is 1. The van der Waals surface area contributed by atoms with E-state index in [0.717, 1.165) is 43.7 Å². The Morgan fingerprint density at radius 3 is 2.51 bits per heavy atom. The van der Waals surface area contributed by atoms with Crippen molar-refractivity contribution in [1.29, 1.82) is 0 Å². The zero-order chi connectivity index (χ0) is 24.1. The summed E-state index contributed by atoms with van der Waals surface area (Å²) in [6.45, 7) is 11.5. The van der Waals surface area contributed by atoms with Crippen LogP contribution in [0, 0.1) is 0 Å². The van der Waals surface area contributed by atoms with E-state index in [4.69, 9.17) is 0 Å². The number of hydrogen-bond donors (Lipinski definition) is 0. The first-order valence-electron chi connectivity index (χ1n) is 13.0. The monoisotopic (exact) mass is 469 g/mol. The van der Waals surface area contributed by atoms with Gasteiger partial charge in [0, 0.05) is 61.8 Å². The highest BCUT2D eigenvalue weighted by atomic mass is 16.2. The van der Waals surface area contributed by atoms with Crippen LogP contribution in [0.5, 0.6) is 0 Å². The zero-order valence-corrected chi connectivity index (χ0v) is 21.0. The molecule has 3 aliphatic rings. The number of allylic oxidation sites excluding steroid dienone is 1. The van der Waals surface area contributed by atoms with Crippen LogP contribution in [0.2, 0.25) is 0 Å². The average molecular weight is 470 g/mol. The lowest BCUT2D eigenvalue weighted by Gasteiger charge is -2.40. The molecular weight excluding hydrogens is 434 g/mol. The van der Waals surface area contributed by atoms with Crippen molar-refractivity contribution in [3.63, 3.8) is 0 Å². The molecular formula is C29H35N5O. The lowest BCUT2D eigenvalue weighted by Crippen LogP contribution is -2.54. The maximum atomic E-state index is 12.6. The van der Waals surface area contributed by atoms with E-state index in [1.807, 2.05) is 21.7 Å². The van der Waals surface area contributed by atoms with Crippen LogP contribution < -0.4 is 4.90 Å². The summed E-state index contributed by atoms with van der Waals surface area (Å²) in [5.74, 6) is 0.858. The molecule has 0 saturated carbocycles. The van der Waals surface area contributed by atoms with Crippen molar-refractivity contribution in [3.05, 3.63) is 66.0 Å². The Kier molecular flexibility index (Phi) is 5.64. The number of anilines is 1. The fraction of sp³-hybridized carbons (Fsp3) is 0.448. The van der Waals surface area contributed by atoms with Gasteiger partial charge in [-0.25, -0.2) is 4.52 Å². The quantitative estimate of drug-likeness (QED) is 0.549. The summed E-state index contributed by atoms with van der Waals surface area (Å²) in [5, 5.41) is 4.59. The molecule has 35 heavy (non-hydrogen) atoms. The van der Waals surface area contributed by atoms with Crippen LogP contribution in [0.4, 0.5) is 5.69 Å². The largest absolute Gasteiger partial charge is 0.366 e. The van der Waals surface area contributed by atoms with Crippen LogP contribution in [0.1, 0.15) is 45.1 Å². The van der Waals surface area contributed by atoms with Gasteiger partial charge in [-0.3, -0.25) is 4.79 Å². The van der Waals surface area contributed by atoms with Gasteiger partial charge >= 0.3 is 0 Å². The molecule has 1 aliphatic carbocycles. The number of hydrogen-bond acceptors (Lipinski definition) is 4. The Labute approximate surface area is 207 Å². The van der Waals surface area contributed by atoms with Crippen LogP contribution in [-0.4, -0.2) is 70.1 Å². The van der Waals surface area contributed by atoms with Crippen molar-refractivity contribution in [2.24, 2.45) is 0 Å². The molecule has 0 bridgehead atoms. The Balaban J connectivity index is 1.21. The molecule has 3 aromatic rings. The Bertz CT molecular complexity index is 1270. The second-order valence-corrected chi connectivity index (χ2v) is 10.7. The number of piperazine rings is 1. The molecule has 0 spiro atoms. The first-order chi connectivity index (χ1) is 17.0. The van der Waals surface area contributed by atoms with Crippen LogP contribution >= 0.6 is 0 Å². The number of benzene rings is 1. The van der Waals surface area contributed by atoms with Gasteiger partial charge in [0.05, 0.1) is 11.2 Å². The first kappa shape index (κ1) is 22.4. The van der Waals surface area contributed by atoms with Crippen molar-refractivity contribution in [3.8, 4) is 11.1 Å². The summed E-state index contributed by atoms with van der Waals surface area (Å²) in [7, 11) is 0. The molecule has 2 fully saturated rings. The molecule has 6 heteroatoms. The molecule has 182 valence electrons. The molecule has 6 rings (SSSR count). The predicted octanol–water partition coefficient (Wildman–Crippen LogP) is 4.57. The summed E-state index contributed by atoms with van der Waals surface area (Å²) in [6.07, 6.45) is 8.15. The summed E-state index contributed by atoms with van der Waals surface area (Å²) in [4.78, 5) is 19.6. The topological polar surface area (TPSA) is 44.1 Å². The zero-order valence-electron chi connectivity index (χ0n) is 21.0. The minimum absolute atomic E-state index is 0.190. The standard InChI is InChI=1S/C29H35N5O/c1-20(2)31-13-11-25(18-31)22-4-6-23(7-5-22)26-16-28-27(10-12-30-34(28)19-26)32-14-15-33(21(3)17-32)29(35)24-8-9-24/h4-8,10,12,16,19-21,25H,9,11,13-15,17-18H2,1-3H3/t21-,25-/m1/s1. The Morgan fingerprint density at radius 2 is 1.83 bits per heavy atom. The number of fused-ring (bicyclic) bond motifs is 1. The fourth-order valence-corrected chi connectivity index (χ4v) is 5.79. The normalized spacial score (nSPS) is 22.8. The first-order valence-corrected chi connectivity index (χ1v) is 13.0. The van der Waals surface area contributed by atoms with Gasteiger partial charge in [-0.05, 0) is 69.3 Å². The lowest BCUT2D eigenvalue weighted by molar-refractivity contribution is -0.129. The molecule has 1 amide bonds. The van der Waals surface area contributed by atoms with Crippen molar-refractivity contribution < 1.29 is 4.79 Å². The van der Waals surface area contributed by atoms with E-state index in [1.165, 1.54) is 35.3 Å². The van der Waals surface area contributed by atoms with Gasteiger partial charge in [0.2, 0.25) is 5.91 Å². The summed E-state index contributed by atoms with van der Waals surface area (Å²) < 4.78 is 1.99. The van der Waals surface area contributed by atoms with E-state index < -0.39 is 0 Å². The van der Waals surface area contributed by atoms with E-state index in [2.05, 4.69) is 78.3 Å². The number of aromatic nitrogens is 2. The van der Waals surface area contributed by atoms with E-state index >= 15 is 0 Å². The average Bonchev–Trinajstić information content (AvgIpc) is 3.42. The van der Waals surface area contributed by atoms with Crippen molar-refractivity contribution in [2.75, 3.05) is 37.6 Å². The minimum Gasteiger partial charge on any atom is -0.366 e. The lowest BCUT2D eigenvalue weighted by atomic mass is 9.96. The van der Waals surface area contributed by atoms with Crippen LogP contribution in [0.3, 0.4) is 0 Å². The van der Waals surface area contributed by atoms with Crippen molar-refractivity contribution in [2.45, 2.75) is 51.6 Å².